The highest BCUT2D eigenvalue weighted by atomic mass is 32.2. The summed E-state index contributed by atoms with van der Waals surface area (Å²) in [5.74, 6) is -0.673. The van der Waals surface area contributed by atoms with Crippen molar-refractivity contribution in [2.75, 3.05) is 29.9 Å². The molecule has 1 fully saturated rings. The first-order valence-corrected chi connectivity index (χ1v) is 12.7. The minimum Gasteiger partial charge on any atom is -0.390 e. The largest absolute Gasteiger partial charge is 0.418 e. The van der Waals surface area contributed by atoms with Gasteiger partial charge in [0.05, 0.1) is 23.4 Å². The Labute approximate surface area is 200 Å². The molecule has 11 nitrogen and oxygen atoms in total. The Morgan fingerprint density at radius 2 is 1.83 bits per heavy atom. The van der Waals surface area contributed by atoms with Crippen LogP contribution in [0.1, 0.15) is 10.4 Å². The molecule has 35 heavy (non-hydrogen) atoms. The topological polar surface area (TPSA) is 128 Å². The van der Waals surface area contributed by atoms with Crippen molar-refractivity contribution in [2.45, 2.75) is 0 Å². The number of ether oxygens (including phenoxy) is 1. The van der Waals surface area contributed by atoms with Crippen LogP contribution in [0.15, 0.2) is 61.1 Å². The third-order valence-electron chi connectivity index (χ3n) is 5.71. The molecular formula is C23H22N6O5S. The highest BCUT2D eigenvalue weighted by Gasteiger charge is 2.29. The fraction of sp³-hybridized carbons (Fsp3) is 0.217. The monoisotopic (exact) mass is 494 g/mol. The van der Waals surface area contributed by atoms with Gasteiger partial charge in [-0.3, -0.25) is 10.1 Å². The average Bonchev–Trinajstić information content (AvgIpc) is 3.42. The number of carbonyl (C=O) groups excluding carboxylic acids is 2. The van der Waals surface area contributed by atoms with Crippen molar-refractivity contribution in [1.82, 2.24) is 24.1 Å². The Morgan fingerprint density at radius 1 is 1.09 bits per heavy atom. The fourth-order valence-electron chi connectivity index (χ4n) is 3.82. The summed E-state index contributed by atoms with van der Waals surface area (Å²) in [6.45, 7) is 0.161. The van der Waals surface area contributed by atoms with Crippen molar-refractivity contribution >= 4 is 33.2 Å². The molecule has 4 heterocycles. The normalized spacial score (nSPS) is 15.2. The number of amides is 2. The summed E-state index contributed by atoms with van der Waals surface area (Å²) in [5.41, 5.74) is 2.96. The van der Waals surface area contributed by atoms with E-state index in [0.717, 1.165) is 11.3 Å². The van der Waals surface area contributed by atoms with E-state index in [1.54, 1.807) is 25.4 Å². The van der Waals surface area contributed by atoms with Crippen molar-refractivity contribution in [3.8, 4) is 17.1 Å². The van der Waals surface area contributed by atoms with Gasteiger partial charge in [0.15, 0.2) is 9.84 Å². The Hall–Kier alpha value is -4.19. The van der Waals surface area contributed by atoms with E-state index in [-0.39, 0.29) is 36.0 Å². The molecule has 12 heteroatoms. The van der Waals surface area contributed by atoms with Crippen molar-refractivity contribution in [3.05, 3.63) is 66.6 Å². The molecule has 2 amide bonds. The molecule has 4 aromatic rings. The number of benzene rings is 1. The van der Waals surface area contributed by atoms with Crippen LogP contribution in [-0.2, 0) is 16.9 Å². The number of fused-ring (bicyclic) bond motifs is 1. The number of imidazole rings is 1. The molecule has 0 unspecified atom stereocenters. The Kier molecular flexibility index (Phi) is 5.73. The van der Waals surface area contributed by atoms with Gasteiger partial charge in [-0.15, -0.1) is 0 Å². The molecular weight excluding hydrogens is 472 g/mol. The van der Waals surface area contributed by atoms with Gasteiger partial charge < -0.3 is 14.0 Å². The maximum Gasteiger partial charge on any atom is 0.418 e. The number of hydrogen-bond acceptors (Lipinski definition) is 7. The van der Waals surface area contributed by atoms with Crippen molar-refractivity contribution in [1.29, 1.82) is 0 Å². The number of hydrogen-bond donors (Lipinski definition) is 1. The van der Waals surface area contributed by atoms with Crippen LogP contribution < -0.4 is 10.1 Å². The van der Waals surface area contributed by atoms with E-state index in [1.807, 2.05) is 40.9 Å². The maximum atomic E-state index is 12.9. The van der Waals surface area contributed by atoms with Crippen LogP contribution in [0.2, 0.25) is 0 Å². The number of sulfone groups is 1. The summed E-state index contributed by atoms with van der Waals surface area (Å²) in [4.78, 5) is 31.6. The summed E-state index contributed by atoms with van der Waals surface area (Å²) in [5, 5.41) is 6.67. The smallest absolute Gasteiger partial charge is 0.390 e. The van der Waals surface area contributed by atoms with E-state index in [2.05, 4.69) is 15.4 Å². The van der Waals surface area contributed by atoms with Gasteiger partial charge in [0.1, 0.15) is 11.2 Å². The van der Waals surface area contributed by atoms with Gasteiger partial charge >= 0.3 is 6.09 Å². The summed E-state index contributed by atoms with van der Waals surface area (Å²) in [6.07, 6.45) is 4.17. The Morgan fingerprint density at radius 3 is 2.57 bits per heavy atom. The highest BCUT2D eigenvalue weighted by molar-refractivity contribution is 7.91. The number of rotatable bonds is 4. The molecule has 0 aliphatic carbocycles. The molecule has 1 aromatic carbocycles. The van der Waals surface area contributed by atoms with E-state index in [9.17, 15) is 18.0 Å². The molecule has 0 spiro atoms. The van der Waals surface area contributed by atoms with Gasteiger partial charge in [0.2, 0.25) is 5.88 Å². The standard InChI is InChI=1S/C23H22N6O5S/c1-27-22(18(14-24-27)21(30)28-9-11-35(32,33)12-10-28)34-23(31)25-17-7-8-29-15-19(26-20(29)13-17)16-5-3-2-4-6-16/h2-8,13-15H,9-12H2,1H3,(H,25,31). The summed E-state index contributed by atoms with van der Waals surface area (Å²) < 4.78 is 31.9. The van der Waals surface area contributed by atoms with E-state index in [1.165, 1.54) is 15.8 Å². The zero-order chi connectivity index (χ0) is 24.6. The third-order valence-corrected chi connectivity index (χ3v) is 7.32. The van der Waals surface area contributed by atoms with Crippen LogP contribution in [0, 0.1) is 0 Å². The molecule has 0 bridgehead atoms. The first-order chi connectivity index (χ1) is 16.8. The van der Waals surface area contributed by atoms with Crippen LogP contribution in [-0.4, -0.2) is 69.1 Å². The van der Waals surface area contributed by atoms with Gasteiger partial charge in [-0.25, -0.2) is 22.9 Å². The Balaban J connectivity index is 1.30. The van der Waals surface area contributed by atoms with Gasteiger partial charge in [-0.05, 0) is 6.07 Å². The zero-order valence-corrected chi connectivity index (χ0v) is 19.6. The number of aromatic nitrogens is 4. The summed E-state index contributed by atoms with van der Waals surface area (Å²) in [6, 6.07) is 13.2. The number of pyridine rings is 1. The summed E-state index contributed by atoms with van der Waals surface area (Å²) >= 11 is 0. The fourth-order valence-corrected chi connectivity index (χ4v) is 5.02. The molecule has 5 rings (SSSR count). The second-order valence-corrected chi connectivity index (χ2v) is 10.4. The number of aryl methyl sites for hydroxylation is 1. The van der Waals surface area contributed by atoms with Crippen LogP contribution >= 0.6 is 0 Å². The van der Waals surface area contributed by atoms with E-state index < -0.39 is 21.8 Å². The van der Waals surface area contributed by atoms with E-state index in [4.69, 9.17) is 4.74 Å². The highest BCUT2D eigenvalue weighted by Crippen LogP contribution is 2.23. The molecule has 1 N–H and O–H groups in total. The van der Waals surface area contributed by atoms with Crippen LogP contribution in [0.4, 0.5) is 10.5 Å². The number of nitrogens with one attached hydrogen (secondary N) is 1. The Bertz CT molecular complexity index is 1510. The first-order valence-electron chi connectivity index (χ1n) is 10.8. The summed E-state index contributed by atoms with van der Waals surface area (Å²) in [7, 11) is -1.59. The van der Waals surface area contributed by atoms with Gasteiger partial charge in [0.25, 0.3) is 5.91 Å². The second-order valence-electron chi connectivity index (χ2n) is 8.12. The second kappa shape index (κ2) is 8.87. The molecule has 0 saturated carbocycles. The van der Waals surface area contributed by atoms with E-state index in [0.29, 0.717) is 11.3 Å². The van der Waals surface area contributed by atoms with Crippen LogP contribution in [0.3, 0.4) is 0 Å². The van der Waals surface area contributed by atoms with E-state index >= 15 is 0 Å². The molecule has 180 valence electrons. The molecule has 0 atom stereocenters. The minimum atomic E-state index is -3.14. The lowest BCUT2D eigenvalue weighted by molar-refractivity contribution is 0.0767. The predicted octanol–water partition coefficient (Wildman–Crippen LogP) is 2.22. The quantitative estimate of drug-likeness (QED) is 0.461. The molecule has 1 aliphatic heterocycles. The predicted molar refractivity (Wildman–Crippen MR) is 128 cm³/mol. The third kappa shape index (κ3) is 4.73. The molecule has 0 radical (unpaired) electrons. The van der Waals surface area contributed by atoms with Crippen molar-refractivity contribution in [3.63, 3.8) is 0 Å². The SMILES string of the molecule is Cn1ncc(C(=O)N2CCS(=O)(=O)CC2)c1OC(=O)Nc1ccn2cc(-c3ccccc3)nc2c1. The maximum absolute atomic E-state index is 12.9. The number of nitrogens with zero attached hydrogens (tertiary/aromatic N) is 5. The van der Waals surface area contributed by atoms with Crippen molar-refractivity contribution in [2.24, 2.45) is 7.05 Å². The molecule has 3 aromatic heterocycles. The lowest BCUT2D eigenvalue weighted by Gasteiger charge is -2.26. The van der Waals surface area contributed by atoms with Crippen LogP contribution in [0.25, 0.3) is 16.9 Å². The number of anilines is 1. The van der Waals surface area contributed by atoms with Crippen molar-refractivity contribution < 1.29 is 22.7 Å². The molecule has 1 saturated heterocycles. The lowest BCUT2D eigenvalue weighted by Crippen LogP contribution is -2.43. The van der Waals surface area contributed by atoms with Gasteiger partial charge in [0, 0.05) is 49.8 Å². The zero-order valence-electron chi connectivity index (χ0n) is 18.8. The molecule has 1 aliphatic rings. The minimum absolute atomic E-state index is 0.0332. The average molecular weight is 495 g/mol. The van der Waals surface area contributed by atoms with Gasteiger partial charge in [-0.1, -0.05) is 30.3 Å². The van der Waals surface area contributed by atoms with Crippen LogP contribution in [0.5, 0.6) is 5.88 Å². The number of carbonyl (C=O) groups is 2. The first kappa shape index (κ1) is 22.6. The van der Waals surface area contributed by atoms with Gasteiger partial charge in [-0.2, -0.15) is 5.10 Å². The lowest BCUT2D eigenvalue weighted by atomic mass is 10.2.